The molecule has 2 heterocycles. The van der Waals surface area contributed by atoms with Gasteiger partial charge in [-0.05, 0) is 79.3 Å². The Morgan fingerprint density at radius 3 is 2.02 bits per heavy atom. The Morgan fingerprint density at radius 1 is 0.469 bits per heavy atom. The lowest BCUT2D eigenvalue weighted by molar-refractivity contribution is 0.669. The van der Waals surface area contributed by atoms with E-state index >= 15 is 0 Å². The van der Waals surface area contributed by atoms with Crippen LogP contribution in [-0.2, 0) is 0 Å². The van der Waals surface area contributed by atoms with Crippen molar-refractivity contribution in [1.29, 1.82) is 0 Å². The van der Waals surface area contributed by atoms with Crippen molar-refractivity contribution in [2.45, 2.75) is 6.17 Å². The Kier molecular flexibility index (Phi) is 6.21. The van der Waals surface area contributed by atoms with E-state index < -0.39 is 0 Å². The fourth-order valence-electron chi connectivity index (χ4n) is 7.26. The Labute approximate surface area is 282 Å². The van der Waals surface area contributed by atoms with Gasteiger partial charge < -0.3 is 9.73 Å². The van der Waals surface area contributed by atoms with Crippen LogP contribution in [0.25, 0.3) is 65.4 Å². The van der Waals surface area contributed by atoms with E-state index in [4.69, 9.17) is 14.4 Å². The van der Waals surface area contributed by atoms with Crippen LogP contribution in [0.15, 0.2) is 178 Å². The lowest BCUT2D eigenvalue weighted by atomic mass is 9.96. The summed E-state index contributed by atoms with van der Waals surface area (Å²) in [5.74, 6) is 1.52. The van der Waals surface area contributed by atoms with Crippen LogP contribution in [-0.4, -0.2) is 11.7 Å². The summed E-state index contributed by atoms with van der Waals surface area (Å²) in [6, 6.07) is 57.6. The van der Waals surface area contributed by atoms with E-state index in [1.165, 1.54) is 27.1 Å². The molecule has 0 fully saturated rings. The Morgan fingerprint density at radius 2 is 1.12 bits per heavy atom. The molecule has 49 heavy (non-hydrogen) atoms. The first-order valence-electron chi connectivity index (χ1n) is 16.6. The van der Waals surface area contributed by atoms with Gasteiger partial charge in [-0.25, -0.2) is 9.98 Å². The number of para-hydroxylation sites is 1. The summed E-state index contributed by atoms with van der Waals surface area (Å²) < 4.78 is 6.17. The van der Waals surface area contributed by atoms with Crippen molar-refractivity contribution in [2.24, 2.45) is 9.98 Å². The molecular formula is C45H29N3O. The van der Waals surface area contributed by atoms with Crippen molar-refractivity contribution in [3.63, 3.8) is 0 Å². The Bertz CT molecular complexity index is 2810. The summed E-state index contributed by atoms with van der Waals surface area (Å²) in [5, 5.41) is 13.1. The van der Waals surface area contributed by atoms with Gasteiger partial charge in [0.25, 0.3) is 0 Å². The monoisotopic (exact) mass is 627 g/mol. The van der Waals surface area contributed by atoms with Crippen molar-refractivity contribution in [3.8, 4) is 11.1 Å². The van der Waals surface area contributed by atoms with E-state index in [9.17, 15) is 0 Å². The van der Waals surface area contributed by atoms with Gasteiger partial charge in [-0.3, -0.25) is 0 Å². The lowest BCUT2D eigenvalue weighted by Gasteiger charge is -2.24. The van der Waals surface area contributed by atoms with Gasteiger partial charge in [-0.15, -0.1) is 0 Å². The second kappa shape index (κ2) is 11.0. The number of furan rings is 1. The SMILES string of the molecule is c1ccc(C2N=C(c3ccc4c(ccc5ccccc54)c3)N=C(c3ccc4cc(-c5cccc6oc7ccccc7c56)ccc4c3)N2)cc1. The minimum atomic E-state index is -0.264. The van der Waals surface area contributed by atoms with E-state index in [-0.39, 0.29) is 6.17 Å². The van der Waals surface area contributed by atoms with Crippen molar-refractivity contribution in [2.75, 3.05) is 0 Å². The predicted molar refractivity (Wildman–Crippen MR) is 204 cm³/mol. The molecule has 0 aliphatic carbocycles. The molecule has 9 aromatic rings. The van der Waals surface area contributed by atoms with Gasteiger partial charge in [-0.2, -0.15) is 0 Å². The van der Waals surface area contributed by atoms with Crippen molar-refractivity contribution in [1.82, 2.24) is 5.32 Å². The quantitative estimate of drug-likeness (QED) is 0.197. The maximum absolute atomic E-state index is 6.17. The Hall–Kier alpha value is -6.52. The molecule has 0 saturated heterocycles. The van der Waals surface area contributed by atoms with Crippen LogP contribution in [0.4, 0.5) is 0 Å². The summed E-state index contributed by atoms with van der Waals surface area (Å²) in [6.45, 7) is 0. The van der Waals surface area contributed by atoms with Gasteiger partial charge in [0, 0.05) is 21.9 Å². The van der Waals surface area contributed by atoms with Crippen LogP contribution < -0.4 is 5.32 Å². The molecule has 10 rings (SSSR count). The molecule has 4 heteroatoms. The fraction of sp³-hybridized carbons (Fsp3) is 0.0222. The molecule has 1 unspecified atom stereocenters. The Balaban J connectivity index is 1.06. The third kappa shape index (κ3) is 4.68. The molecule has 0 amide bonds. The topological polar surface area (TPSA) is 49.9 Å². The number of hydrogen-bond acceptors (Lipinski definition) is 4. The number of nitrogens with one attached hydrogen (secondary N) is 1. The van der Waals surface area contributed by atoms with E-state index in [1.807, 2.05) is 24.3 Å². The highest BCUT2D eigenvalue weighted by Gasteiger charge is 2.22. The molecule has 1 atom stereocenters. The molecule has 1 aliphatic heterocycles. The summed E-state index contributed by atoms with van der Waals surface area (Å²) in [7, 11) is 0. The second-order valence-corrected chi connectivity index (χ2v) is 12.6. The molecule has 0 spiro atoms. The molecule has 0 radical (unpaired) electrons. The van der Waals surface area contributed by atoms with Gasteiger partial charge >= 0.3 is 0 Å². The number of amidine groups is 2. The van der Waals surface area contributed by atoms with Gasteiger partial charge in [0.05, 0.1) is 0 Å². The molecule has 1 N–H and O–H groups in total. The molecule has 1 aromatic heterocycles. The normalized spacial score (nSPS) is 14.7. The first-order chi connectivity index (χ1) is 24.2. The van der Waals surface area contributed by atoms with E-state index in [0.29, 0.717) is 5.84 Å². The van der Waals surface area contributed by atoms with Crippen LogP contribution in [0.2, 0.25) is 0 Å². The average molecular weight is 628 g/mol. The summed E-state index contributed by atoms with van der Waals surface area (Å²) in [6.07, 6.45) is -0.264. The van der Waals surface area contributed by atoms with Crippen LogP contribution in [0.5, 0.6) is 0 Å². The third-order valence-corrected chi connectivity index (χ3v) is 9.69. The number of fused-ring (bicyclic) bond motifs is 7. The fourth-order valence-corrected chi connectivity index (χ4v) is 7.26. The van der Waals surface area contributed by atoms with Crippen molar-refractivity contribution in [3.05, 3.63) is 180 Å². The highest BCUT2D eigenvalue weighted by Crippen LogP contribution is 2.37. The number of hydrogen-bond donors (Lipinski definition) is 1. The summed E-state index contributed by atoms with van der Waals surface area (Å²) in [5.41, 5.74) is 7.24. The molecule has 230 valence electrons. The first-order valence-corrected chi connectivity index (χ1v) is 16.6. The minimum absolute atomic E-state index is 0.264. The standard InChI is InChI=1S/C45H29N3O/c1-2-10-29(11-3-1)43-46-44(48-45(47-43)35-23-24-37-32(27-35)20-17-28-9-4-5-12-36(28)37)34-22-19-30-25-33(21-18-31(30)26-34)38-14-8-16-41-42(38)39-13-6-7-15-40(39)49-41/h1-27,43H,(H,46,47,48). The minimum Gasteiger partial charge on any atom is -0.456 e. The molecule has 0 bridgehead atoms. The molecule has 0 saturated carbocycles. The van der Waals surface area contributed by atoms with Gasteiger partial charge in [0.1, 0.15) is 23.2 Å². The maximum Gasteiger partial charge on any atom is 0.159 e. The second-order valence-electron chi connectivity index (χ2n) is 12.6. The van der Waals surface area contributed by atoms with E-state index in [2.05, 4.69) is 145 Å². The maximum atomic E-state index is 6.17. The zero-order valence-electron chi connectivity index (χ0n) is 26.5. The highest BCUT2D eigenvalue weighted by atomic mass is 16.3. The highest BCUT2D eigenvalue weighted by molar-refractivity contribution is 6.16. The van der Waals surface area contributed by atoms with Gasteiger partial charge in [0.15, 0.2) is 5.84 Å². The molecule has 4 nitrogen and oxygen atoms in total. The lowest BCUT2D eigenvalue weighted by Crippen LogP contribution is -2.33. The molecule has 1 aliphatic rings. The smallest absolute Gasteiger partial charge is 0.159 e. The van der Waals surface area contributed by atoms with Gasteiger partial charge in [0.2, 0.25) is 0 Å². The number of benzene rings is 8. The van der Waals surface area contributed by atoms with Crippen molar-refractivity contribution < 1.29 is 4.42 Å². The average Bonchev–Trinajstić information content (AvgIpc) is 3.56. The zero-order valence-corrected chi connectivity index (χ0v) is 26.5. The van der Waals surface area contributed by atoms with Crippen LogP contribution in [0.3, 0.4) is 0 Å². The zero-order chi connectivity index (χ0) is 32.3. The summed E-state index contributed by atoms with van der Waals surface area (Å²) in [4.78, 5) is 10.3. The number of aliphatic imine (C=N–C) groups is 2. The third-order valence-electron chi connectivity index (χ3n) is 9.69. The molecule has 8 aromatic carbocycles. The largest absolute Gasteiger partial charge is 0.456 e. The number of nitrogens with zero attached hydrogens (tertiary/aromatic N) is 2. The van der Waals surface area contributed by atoms with Crippen LogP contribution >= 0.6 is 0 Å². The number of rotatable bonds is 4. The van der Waals surface area contributed by atoms with Crippen molar-refractivity contribution >= 4 is 65.9 Å². The first kappa shape index (κ1) is 27.6. The predicted octanol–water partition coefficient (Wildman–Crippen LogP) is 11.2. The van der Waals surface area contributed by atoms with E-state index in [1.54, 1.807) is 0 Å². The summed E-state index contributed by atoms with van der Waals surface area (Å²) >= 11 is 0. The van der Waals surface area contributed by atoms with E-state index in [0.717, 1.165) is 60.8 Å². The molecular weight excluding hydrogens is 599 g/mol. The van der Waals surface area contributed by atoms with Crippen LogP contribution in [0.1, 0.15) is 22.9 Å². The van der Waals surface area contributed by atoms with Crippen LogP contribution in [0, 0.1) is 0 Å². The van der Waals surface area contributed by atoms with Gasteiger partial charge in [-0.1, -0.05) is 133 Å².